The highest BCUT2D eigenvalue weighted by molar-refractivity contribution is 6.30. The number of benzene rings is 2. The number of aromatic nitrogens is 1. The van der Waals surface area contributed by atoms with Crippen molar-refractivity contribution in [3.8, 4) is 0 Å². The second kappa shape index (κ2) is 6.16. The Balaban J connectivity index is 1.83. The lowest BCUT2D eigenvalue weighted by molar-refractivity contribution is -0.137. The van der Waals surface area contributed by atoms with Crippen LogP contribution in [0.15, 0.2) is 47.0 Å². The van der Waals surface area contributed by atoms with Crippen LogP contribution in [0.25, 0.3) is 11.0 Å². The molecule has 0 radical (unpaired) electrons. The number of nitrogens with one attached hydrogen (secondary N) is 1. The zero-order chi connectivity index (χ0) is 17.3. The molecule has 1 aromatic heterocycles. The Morgan fingerprint density at radius 2 is 1.96 bits per heavy atom. The molecule has 0 aliphatic carbocycles. The van der Waals surface area contributed by atoms with Gasteiger partial charge in [-0.15, -0.1) is 0 Å². The minimum absolute atomic E-state index is 0.0668. The van der Waals surface area contributed by atoms with E-state index in [1.54, 1.807) is 24.3 Å². The molecule has 0 aliphatic heterocycles. The lowest BCUT2D eigenvalue weighted by Gasteiger charge is -2.13. The van der Waals surface area contributed by atoms with E-state index in [1.165, 1.54) is 6.07 Å². The van der Waals surface area contributed by atoms with Crippen LogP contribution in [0.3, 0.4) is 0 Å². The molecule has 1 N–H and O–H groups in total. The fourth-order valence-corrected chi connectivity index (χ4v) is 2.44. The van der Waals surface area contributed by atoms with Crippen molar-refractivity contribution in [2.45, 2.75) is 12.6 Å². The van der Waals surface area contributed by atoms with E-state index in [1.807, 2.05) is 0 Å². The first-order valence-corrected chi connectivity index (χ1v) is 7.22. The summed E-state index contributed by atoms with van der Waals surface area (Å²) in [5.74, 6) is -0.637. The number of rotatable bonds is 3. The molecule has 0 spiro atoms. The second-order valence-corrected chi connectivity index (χ2v) is 5.47. The minimum Gasteiger partial charge on any atom is -0.356 e. The number of hydrogen-bond donors (Lipinski definition) is 1. The fourth-order valence-electron chi connectivity index (χ4n) is 2.27. The van der Waals surface area contributed by atoms with Crippen LogP contribution in [0.5, 0.6) is 0 Å². The van der Waals surface area contributed by atoms with Crippen LogP contribution in [0.4, 0.5) is 18.9 Å². The van der Waals surface area contributed by atoms with E-state index >= 15 is 0 Å². The third kappa shape index (κ3) is 3.35. The van der Waals surface area contributed by atoms with Crippen LogP contribution in [0, 0.1) is 0 Å². The van der Waals surface area contributed by atoms with Crippen LogP contribution in [0.1, 0.15) is 11.3 Å². The Morgan fingerprint density at radius 3 is 2.71 bits per heavy atom. The third-order valence-corrected chi connectivity index (χ3v) is 3.58. The molecule has 0 saturated heterocycles. The molecule has 0 atom stereocenters. The van der Waals surface area contributed by atoms with Crippen LogP contribution in [-0.2, 0) is 17.4 Å². The maximum Gasteiger partial charge on any atom is 0.418 e. The molecule has 0 aliphatic rings. The Hall–Kier alpha value is -2.54. The number of para-hydroxylation sites is 1. The quantitative estimate of drug-likeness (QED) is 0.743. The Labute approximate surface area is 139 Å². The van der Waals surface area contributed by atoms with Gasteiger partial charge in [-0.25, -0.2) is 0 Å². The summed E-state index contributed by atoms with van der Waals surface area (Å²) in [5, 5.41) is 6.60. The summed E-state index contributed by atoms with van der Waals surface area (Å²) in [6.45, 7) is 0. The van der Waals surface area contributed by atoms with Gasteiger partial charge in [-0.05, 0) is 30.3 Å². The zero-order valence-corrected chi connectivity index (χ0v) is 12.8. The molecule has 8 heteroatoms. The van der Waals surface area contributed by atoms with Gasteiger partial charge < -0.3 is 9.84 Å². The predicted molar refractivity (Wildman–Crippen MR) is 82.8 cm³/mol. The van der Waals surface area contributed by atoms with E-state index in [9.17, 15) is 18.0 Å². The molecular weight excluding hydrogens is 345 g/mol. The number of carbonyl (C=O) groups is 1. The van der Waals surface area contributed by atoms with Gasteiger partial charge in [-0.2, -0.15) is 13.2 Å². The number of amides is 1. The van der Waals surface area contributed by atoms with Gasteiger partial charge in [-0.3, -0.25) is 4.79 Å². The maximum absolute atomic E-state index is 13.0. The lowest BCUT2D eigenvalue weighted by Crippen LogP contribution is -2.18. The van der Waals surface area contributed by atoms with Crippen molar-refractivity contribution in [2.24, 2.45) is 0 Å². The van der Waals surface area contributed by atoms with Crippen molar-refractivity contribution in [3.63, 3.8) is 0 Å². The van der Waals surface area contributed by atoms with Gasteiger partial charge in [0.05, 0.1) is 17.7 Å². The summed E-state index contributed by atoms with van der Waals surface area (Å²) < 4.78 is 44.1. The highest BCUT2D eigenvalue weighted by atomic mass is 35.5. The number of halogens is 4. The topological polar surface area (TPSA) is 55.1 Å². The molecule has 0 saturated carbocycles. The van der Waals surface area contributed by atoms with E-state index < -0.39 is 17.6 Å². The standard InChI is InChI=1S/C16H10ClF3N2O2/c17-9-5-6-12(11(7-9)16(18,19)20)21-15(23)8-13-10-3-1-2-4-14(10)24-22-13/h1-7H,8H2,(H,21,23). The Kier molecular flexibility index (Phi) is 4.19. The van der Waals surface area contributed by atoms with Crippen LogP contribution in [-0.4, -0.2) is 11.1 Å². The number of hydrogen-bond acceptors (Lipinski definition) is 3. The first kappa shape index (κ1) is 16.3. The largest absolute Gasteiger partial charge is 0.418 e. The van der Waals surface area contributed by atoms with Gasteiger partial charge in [0, 0.05) is 10.4 Å². The van der Waals surface area contributed by atoms with Crippen molar-refractivity contribution in [1.82, 2.24) is 5.16 Å². The molecule has 3 rings (SSSR count). The van der Waals surface area contributed by atoms with E-state index in [-0.39, 0.29) is 17.1 Å². The molecule has 3 aromatic rings. The van der Waals surface area contributed by atoms with Crippen LogP contribution >= 0.6 is 11.6 Å². The van der Waals surface area contributed by atoms with Gasteiger partial charge in [0.15, 0.2) is 5.58 Å². The SMILES string of the molecule is O=C(Cc1noc2ccccc12)Nc1ccc(Cl)cc1C(F)(F)F. The third-order valence-electron chi connectivity index (χ3n) is 3.34. The Bertz CT molecular complexity index is 906. The maximum atomic E-state index is 13.0. The second-order valence-electron chi connectivity index (χ2n) is 5.04. The van der Waals surface area contributed by atoms with Gasteiger partial charge in [0.2, 0.25) is 5.91 Å². The molecule has 0 fully saturated rings. The molecule has 1 heterocycles. The van der Waals surface area contributed by atoms with Gasteiger partial charge in [0.1, 0.15) is 5.69 Å². The van der Waals surface area contributed by atoms with Gasteiger partial charge in [-0.1, -0.05) is 28.9 Å². The fraction of sp³-hybridized carbons (Fsp3) is 0.125. The summed E-state index contributed by atoms with van der Waals surface area (Å²) in [5.41, 5.74) is -0.508. The molecule has 0 bridgehead atoms. The number of nitrogens with zero attached hydrogens (tertiary/aromatic N) is 1. The van der Waals surface area contributed by atoms with E-state index in [2.05, 4.69) is 10.5 Å². The van der Waals surface area contributed by atoms with Crippen molar-refractivity contribution in [2.75, 3.05) is 5.32 Å². The molecule has 1 amide bonds. The van der Waals surface area contributed by atoms with Gasteiger partial charge in [0.25, 0.3) is 0 Å². The first-order chi connectivity index (χ1) is 11.3. The summed E-state index contributed by atoms with van der Waals surface area (Å²) >= 11 is 5.60. The molecular formula is C16H10ClF3N2O2. The Morgan fingerprint density at radius 1 is 1.21 bits per heavy atom. The van der Waals surface area contributed by atoms with Crippen LogP contribution < -0.4 is 5.32 Å². The normalized spacial score (nSPS) is 11.7. The highest BCUT2D eigenvalue weighted by Gasteiger charge is 2.34. The van der Waals surface area contributed by atoms with Crippen molar-refractivity contribution in [3.05, 3.63) is 58.7 Å². The highest BCUT2D eigenvalue weighted by Crippen LogP contribution is 2.36. The molecule has 2 aromatic carbocycles. The van der Waals surface area contributed by atoms with Crippen LogP contribution in [0.2, 0.25) is 5.02 Å². The van der Waals surface area contributed by atoms with Gasteiger partial charge >= 0.3 is 6.18 Å². The number of alkyl halides is 3. The van der Waals surface area contributed by atoms with E-state index in [4.69, 9.17) is 16.1 Å². The average molecular weight is 355 g/mol. The summed E-state index contributed by atoms with van der Waals surface area (Å²) in [4.78, 5) is 12.1. The summed E-state index contributed by atoms with van der Waals surface area (Å²) in [7, 11) is 0. The lowest BCUT2D eigenvalue weighted by atomic mass is 10.1. The van der Waals surface area contributed by atoms with Crippen molar-refractivity contribution in [1.29, 1.82) is 0 Å². The molecule has 4 nitrogen and oxygen atoms in total. The summed E-state index contributed by atoms with van der Waals surface area (Å²) in [6.07, 6.45) is -4.84. The molecule has 124 valence electrons. The molecule has 0 unspecified atom stereocenters. The monoisotopic (exact) mass is 354 g/mol. The predicted octanol–water partition coefficient (Wildman–Crippen LogP) is 4.68. The van der Waals surface area contributed by atoms with E-state index in [0.717, 1.165) is 12.1 Å². The van der Waals surface area contributed by atoms with Crippen molar-refractivity contribution < 1.29 is 22.5 Å². The van der Waals surface area contributed by atoms with E-state index in [0.29, 0.717) is 16.7 Å². The zero-order valence-electron chi connectivity index (χ0n) is 12.0. The number of anilines is 1. The number of fused-ring (bicyclic) bond motifs is 1. The molecule has 24 heavy (non-hydrogen) atoms. The smallest absolute Gasteiger partial charge is 0.356 e. The average Bonchev–Trinajstić information content (AvgIpc) is 2.91. The minimum atomic E-state index is -4.63. The van der Waals surface area contributed by atoms with Crippen molar-refractivity contribution >= 4 is 34.2 Å². The number of carbonyl (C=O) groups excluding carboxylic acids is 1. The first-order valence-electron chi connectivity index (χ1n) is 6.84. The summed E-state index contributed by atoms with van der Waals surface area (Å²) in [6, 6.07) is 10.1.